The highest BCUT2D eigenvalue weighted by molar-refractivity contribution is 5.20. The van der Waals surface area contributed by atoms with Crippen molar-refractivity contribution in [3.8, 4) is 6.07 Å². The maximum atomic E-state index is 9.04. The molecule has 2 heterocycles. The first-order valence-electron chi connectivity index (χ1n) is 4.95. The Morgan fingerprint density at radius 2 is 2.38 bits per heavy atom. The molecule has 0 amide bonds. The molecule has 0 radical (unpaired) electrons. The third kappa shape index (κ3) is 2.47. The molecule has 1 atom stereocenters. The molecule has 2 aromatic rings. The quantitative estimate of drug-likeness (QED) is 0.844. The molecule has 0 fully saturated rings. The van der Waals surface area contributed by atoms with Crippen LogP contribution in [0, 0.1) is 11.3 Å². The van der Waals surface area contributed by atoms with Crippen LogP contribution in [0.5, 0.6) is 0 Å². The molecule has 4 nitrogen and oxygen atoms in total. The van der Waals surface area contributed by atoms with Crippen molar-refractivity contribution in [3.63, 3.8) is 0 Å². The highest BCUT2D eigenvalue weighted by Gasteiger charge is 2.09. The van der Waals surface area contributed by atoms with Crippen LogP contribution in [0.25, 0.3) is 0 Å². The largest absolute Gasteiger partial charge is 0.468 e. The van der Waals surface area contributed by atoms with Crippen molar-refractivity contribution >= 4 is 0 Å². The average molecular weight is 213 g/mol. The molecule has 0 bridgehead atoms. The van der Waals surface area contributed by atoms with E-state index in [0.29, 0.717) is 6.54 Å². The molecule has 0 spiro atoms. The first-order valence-corrected chi connectivity index (χ1v) is 4.95. The summed E-state index contributed by atoms with van der Waals surface area (Å²) in [6, 6.07) is 9.20. The summed E-state index contributed by atoms with van der Waals surface area (Å²) in [7, 11) is 0. The smallest absolute Gasteiger partial charge is 0.123 e. The van der Waals surface area contributed by atoms with Gasteiger partial charge in [0.25, 0.3) is 0 Å². The van der Waals surface area contributed by atoms with E-state index in [2.05, 4.69) is 16.4 Å². The molecule has 1 unspecified atom stereocenters. The second-order valence-corrected chi connectivity index (χ2v) is 3.31. The van der Waals surface area contributed by atoms with Gasteiger partial charge in [-0.1, -0.05) is 6.07 Å². The predicted molar refractivity (Wildman–Crippen MR) is 58.1 cm³/mol. The molecular weight excluding hydrogens is 202 g/mol. The monoisotopic (exact) mass is 213 g/mol. The first-order chi connectivity index (χ1) is 7.90. The Morgan fingerprint density at radius 1 is 1.44 bits per heavy atom. The molecule has 0 saturated carbocycles. The van der Waals surface area contributed by atoms with Crippen molar-refractivity contribution in [3.05, 3.63) is 54.2 Å². The Balaban J connectivity index is 2.00. The summed E-state index contributed by atoms with van der Waals surface area (Å²) in [4.78, 5) is 3.98. The number of hydrogen-bond acceptors (Lipinski definition) is 4. The summed E-state index contributed by atoms with van der Waals surface area (Å²) in [5.41, 5.74) is 0.858. The van der Waals surface area contributed by atoms with E-state index in [1.807, 2.05) is 24.3 Å². The standard InChI is InChI=1S/C12H11N3O/c13-7-12(10-3-1-5-14-8-10)15-9-11-4-2-6-16-11/h1-6,8,12,15H,9H2. The number of nitriles is 1. The van der Waals surface area contributed by atoms with Gasteiger partial charge in [0, 0.05) is 18.0 Å². The topological polar surface area (TPSA) is 61.9 Å². The van der Waals surface area contributed by atoms with Gasteiger partial charge in [-0.3, -0.25) is 10.3 Å². The van der Waals surface area contributed by atoms with Gasteiger partial charge in [-0.25, -0.2) is 0 Å². The molecule has 0 saturated heterocycles. The van der Waals surface area contributed by atoms with Crippen molar-refractivity contribution in [1.29, 1.82) is 5.26 Å². The number of rotatable bonds is 4. The number of furan rings is 1. The SMILES string of the molecule is N#CC(NCc1ccco1)c1cccnc1. The van der Waals surface area contributed by atoms with Crippen LogP contribution in [-0.2, 0) is 6.54 Å². The Labute approximate surface area is 93.5 Å². The molecule has 2 aromatic heterocycles. The van der Waals surface area contributed by atoms with Crippen LogP contribution in [-0.4, -0.2) is 4.98 Å². The fourth-order valence-electron chi connectivity index (χ4n) is 1.40. The lowest BCUT2D eigenvalue weighted by Crippen LogP contribution is -2.19. The summed E-state index contributed by atoms with van der Waals surface area (Å²) >= 11 is 0. The lowest BCUT2D eigenvalue weighted by molar-refractivity contribution is 0.473. The summed E-state index contributed by atoms with van der Waals surface area (Å²) in [6.07, 6.45) is 4.98. The zero-order chi connectivity index (χ0) is 11.2. The van der Waals surface area contributed by atoms with Gasteiger partial charge in [0.2, 0.25) is 0 Å². The molecule has 0 aliphatic carbocycles. The van der Waals surface area contributed by atoms with Crippen LogP contribution in [0.4, 0.5) is 0 Å². The molecule has 80 valence electrons. The zero-order valence-corrected chi connectivity index (χ0v) is 8.63. The van der Waals surface area contributed by atoms with E-state index in [0.717, 1.165) is 11.3 Å². The van der Waals surface area contributed by atoms with Crippen LogP contribution in [0.1, 0.15) is 17.4 Å². The summed E-state index contributed by atoms with van der Waals surface area (Å²) in [5.74, 6) is 0.809. The van der Waals surface area contributed by atoms with E-state index in [1.54, 1.807) is 18.7 Å². The normalized spacial score (nSPS) is 11.9. The Morgan fingerprint density at radius 3 is 3.00 bits per heavy atom. The van der Waals surface area contributed by atoms with E-state index < -0.39 is 0 Å². The maximum absolute atomic E-state index is 9.04. The zero-order valence-electron chi connectivity index (χ0n) is 8.63. The molecule has 1 N–H and O–H groups in total. The predicted octanol–water partition coefficient (Wildman–Crippen LogP) is 2.03. The third-order valence-corrected chi connectivity index (χ3v) is 2.21. The van der Waals surface area contributed by atoms with Gasteiger partial charge in [0.15, 0.2) is 0 Å². The molecule has 16 heavy (non-hydrogen) atoms. The van der Waals surface area contributed by atoms with Gasteiger partial charge < -0.3 is 4.42 Å². The van der Waals surface area contributed by atoms with Crippen molar-refractivity contribution in [2.24, 2.45) is 0 Å². The maximum Gasteiger partial charge on any atom is 0.123 e. The van der Waals surface area contributed by atoms with E-state index in [9.17, 15) is 0 Å². The van der Waals surface area contributed by atoms with Crippen LogP contribution < -0.4 is 5.32 Å². The van der Waals surface area contributed by atoms with E-state index in [4.69, 9.17) is 9.68 Å². The minimum Gasteiger partial charge on any atom is -0.468 e. The Hall–Kier alpha value is -2.12. The molecule has 0 aliphatic rings. The second kappa shape index (κ2) is 5.10. The Bertz CT molecular complexity index is 459. The number of hydrogen-bond donors (Lipinski definition) is 1. The van der Waals surface area contributed by atoms with Crippen molar-refractivity contribution in [2.75, 3.05) is 0 Å². The lowest BCUT2D eigenvalue weighted by Gasteiger charge is -2.09. The minimum atomic E-state index is -0.362. The lowest BCUT2D eigenvalue weighted by atomic mass is 10.1. The minimum absolute atomic E-state index is 0.362. The molecule has 2 rings (SSSR count). The van der Waals surface area contributed by atoms with Crippen LogP contribution >= 0.6 is 0 Å². The second-order valence-electron chi connectivity index (χ2n) is 3.31. The summed E-state index contributed by atoms with van der Waals surface area (Å²) in [6.45, 7) is 0.528. The number of nitrogens with zero attached hydrogens (tertiary/aromatic N) is 2. The average Bonchev–Trinajstić information content (AvgIpc) is 2.84. The summed E-state index contributed by atoms with van der Waals surface area (Å²) < 4.78 is 5.18. The van der Waals surface area contributed by atoms with Gasteiger partial charge in [-0.15, -0.1) is 0 Å². The van der Waals surface area contributed by atoms with Gasteiger partial charge in [-0.05, 0) is 18.2 Å². The number of nitrogens with one attached hydrogen (secondary N) is 1. The molecular formula is C12H11N3O. The van der Waals surface area contributed by atoms with Crippen molar-refractivity contribution in [2.45, 2.75) is 12.6 Å². The highest BCUT2D eigenvalue weighted by Crippen LogP contribution is 2.11. The van der Waals surface area contributed by atoms with Crippen molar-refractivity contribution in [1.82, 2.24) is 10.3 Å². The molecule has 0 aliphatic heterocycles. The van der Waals surface area contributed by atoms with Gasteiger partial charge in [0.05, 0.1) is 18.9 Å². The number of pyridine rings is 1. The highest BCUT2D eigenvalue weighted by atomic mass is 16.3. The van der Waals surface area contributed by atoms with E-state index >= 15 is 0 Å². The molecule has 4 heteroatoms. The van der Waals surface area contributed by atoms with E-state index in [1.165, 1.54) is 0 Å². The van der Waals surface area contributed by atoms with Gasteiger partial charge >= 0.3 is 0 Å². The van der Waals surface area contributed by atoms with Gasteiger partial charge in [-0.2, -0.15) is 5.26 Å². The van der Waals surface area contributed by atoms with Gasteiger partial charge in [0.1, 0.15) is 11.8 Å². The van der Waals surface area contributed by atoms with Crippen molar-refractivity contribution < 1.29 is 4.42 Å². The first kappa shape index (κ1) is 10.4. The van der Waals surface area contributed by atoms with E-state index in [-0.39, 0.29) is 6.04 Å². The number of aromatic nitrogens is 1. The Kier molecular flexibility index (Phi) is 3.31. The van der Waals surface area contributed by atoms with Crippen LogP contribution in [0.15, 0.2) is 47.3 Å². The van der Waals surface area contributed by atoms with Crippen LogP contribution in [0.2, 0.25) is 0 Å². The van der Waals surface area contributed by atoms with Crippen LogP contribution in [0.3, 0.4) is 0 Å². The fourth-order valence-corrected chi connectivity index (χ4v) is 1.40. The fraction of sp³-hybridized carbons (Fsp3) is 0.167. The third-order valence-electron chi connectivity index (χ3n) is 2.21. The molecule has 0 aromatic carbocycles. The summed E-state index contributed by atoms with van der Waals surface area (Å²) in [5, 5.41) is 12.1.